The molecule has 1 heterocycles. The van der Waals surface area contributed by atoms with Crippen LogP contribution in [0.4, 0.5) is 0 Å². The number of carbonyl (C=O) groups is 1. The summed E-state index contributed by atoms with van der Waals surface area (Å²) in [6.45, 7) is 0. The summed E-state index contributed by atoms with van der Waals surface area (Å²) in [4.78, 5) is 12.2. The highest BCUT2D eigenvalue weighted by Crippen LogP contribution is 2.32. The molecule has 162 valence electrons. The lowest BCUT2D eigenvalue weighted by Gasteiger charge is -2.09. The number of halogens is 2. The topological polar surface area (TPSA) is 90.6 Å². The minimum absolute atomic E-state index is 0.132. The summed E-state index contributed by atoms with van der Waals surface area (Å²) < 4.78 is 13.1. The van der Waals surface area contributed by atoms with Crippen LogP contribution in [0.3, 0.4) is 0 Å². The maximum absolute atomic E-state index is 12.2. The molecule has 11 heteroatoms. The van der Waals surface area contributed by atoms with Gasteiger partial charge in [-0.3, -0.25) is 4.79 Å². The SMILES string of the molecule is COc1cc(OC)c(/C=N/NC(=O)CSc2nnc(-c3ccc(Cl)cc3)n2C)cc1Br. The zero-order chi connectivity index (χ0) is 22.4. The number of thioether (sulfide) groups is 1. The number of hydrazone groups is 1. The highest BCUT2D eigenvalue weighted by atomic mass is 79.9. The van der Waals surface area contributed by atoms with Crippen molar-refractivity contribution in [3.63, 3.8) is 0 Å². The van der Waals surface area contributed by atoms with Crippen molar-refractivity contribution >= 4 is 51.4 Å². The molecule has 3 rings (SSSR count). The average molecular weight is 525 g/mol. The van der Waals surface area contributed by atoms with Crippen molar-refractivity contribution in [3.05, 3.63) is 51.5 Å². The zero-order valence-corrected chi connectivity index (χ0v) is 20.1. The Hall–Kier alpha value is -2.56. The van der Waals surface area contributed by atoms with Crippen LogP contribution < -0.4 is 14.9 Å². The molecule has 0 spiro atoms. The van der Waals surface area contributed by atoms with E-state index in [1.807, 2.05) is 23.7 Å². The third-order valence-corrected chi connectivity index (χ3v) is 6.06. The number of ether oxygens (including phenoxy) is 2. The molecule has 0 aliphatic rings. The van der Waals surface area contributed by atoms with Crippen LogP contribution in [0.2, 0.25) is 5.02 Å². The predicted molar refractivity (Wildman–Crippen MR) is 125 cm³/mol. The molecule has 31 heavy (non-hydrogen) atoms. The van der Waals surface area contributed by atoms with E-state index in [0.717, 1.165) is 10.0 Å². The Morgan fingerprint density at radius 1 is 1.23 bits per heavy atom. The first kappa shape index (κ1) is 23.1. The highest BCUT2D eigenvalue weighted by molar-refractivity contribution is 9.10. The van der Waals surface area contributed by atoms with Gasteiger partial charge in [-0.05, 0) is 46.3 Å². The summed E-state index contributed by atoms with van der Waals surface area (Å²) in [7, 11) is 4.96. The van der Waals surface area contributed by atoms with Crippen molar-refractivity contribution in [2.24, 2.45) is 12.1 Å². The molecule has 0 radical (unpaired) electrons. The molecule has 1 amide bonds. The van der Waals surface area contributed by atoms with Gasteiger partial charge in [-0.15, -0.1) is 10.2 Å². The predicted octanol–water partition coefficient (Wildman–Crippen LogP) is 4.16. The highest BCUT2D eigenvalue weighted by Gasteiger charge is 2.13. The molecule has 1 aromatic heterocycles. The maximum atomic E-state index is 12.2. The van der Waals surface area contributed by atoms with Gasteiger partial charge in [0, 0.05) is 29.3 Å². The smallest absolute Gasteiger partial charge is 0.250 e. The van der Waals surface area contributed by atoms with Gasteiger partial charge in [-0.25, -0.2) is 5.43 Å². The summed E-state index contributed by atoms with van der Waals surface area (Å²) in [5.74, 6) is 1.75. The van der Waals surface area contributed by atoms with Gasteiger partial charge < -0.3 is 14.0 Å². The third kappa shape index (κ3) is 5.78. The lowest BCUT2D eigenvalue weighted by molar-refractivity contribution is -0.118. The van der Waals surface area contributed by atoms with Crippen molar-refractivity contribution in [3.8, 4) is 22.9 Å². The van der Waals surface area contributed by atoms with Gasteiger partial charge in [0.15, 0.2) is 11.0 Å². The van der Waals surface area contributed by atoms with E-state index in [9.17, 15) is 4.79 Å². The number of hydrogen-bond acceptors (Lipinski definition) is 7. The van der Waals surface area contributed by atoms with E-state index < -0.39 is 0 Å². The fraction of sp³-hybridized carbons (Fsp3) is 0.200. The van der Waals surface area contributed by atoms with Crippen molar-refractivity contribution in [2.75, 3.05) is 20.0 Å². The summed E-state index contributed by atoms with van der Waals surface area (Å²) in [6.07, 6.45) is 1.51. The Morgan fingerprint density at radius 2 is 1.94 bits per heavy atom. The van der Waals surface area contributed by atoms with Crippen LogP contribution in [0, 0.1) is 0 Å². The molecule has 0 atom stereocenters. The molecule has 1 N–H and O–H groups in total. The summed E-state index contributed by atoms with van der Waals surface area (Å²) in [5.41, 5.74) is 4.07. The van der Waals surface area contributed by atoms with Gasteiger partial charge in [0.05, 0.1) is 30.7 Å². The summed E-state index contributed by atoms with van der Waals surface area (Å²) in [5, 5.41) is 13.6. The van der Waals surface area contributed by atoms with Gasteiger partial charge >= 0.3 is 0 Å². The second kappa shape index (κ2) is 10.7. The fourth-order valence-electron chi connectivity index (χ4n) is 2.61. The molecule has 3 aromatic rings. The number of methoxy groups -OCH3 is 2. The minimum Gasteiger partial charge on any atom is -0.496 e. The van der Waals surface area contributed by atoms with Crippen LogP contribution in [0.1, 0.15) is 5.56 Å². The van der Waals surface area contributed by atoms with Crippen LogP contribution in [0.5, 0.6) is 11.5 Å². The monoisotopic (exact) mass is 523 g/mol. The van der Waals surface area contributed by atoms with Crippen molar-refractivity contribution in [1.82, 2.24) is 20.2 Å². The van der Waals surface area contributed by atoms with Gasteiger partial charge in [0.25, 0.3) is 5.91 Å². The molecule has 2 aromatic carbocycles. The fourth-order valence-corrected chi connectivity index (χ4v) is 3.96. The maximum Gasteiger partial charge on any atom is 0.250 e. The van der Waals surface area contributed by atoms with E-state index in [1.165, 1.54) is 18.0 Å². The van der Waals surface area contributed by atoms with Crippen molar-refractivity contribution < 1.29 is 14.3 Å². The summed E-state index contributed by atoms with van der Waals surface area (Å²) in [6, 6.07) is 10.8. The van der Waals surface area contributed by atoms with Gasteiger partial charge in [0.2, 0.25) is 0 Å². The Bertz CT molecular complexity index is 1100. The van der Waals surface area contributed by atoms with E-state index in [4.69, 9.17) is 21.1 Å². The first-order valence-electron chi connectivity index (χ1n) is 8.94. The van der Waals surface area contributed by atoms with E-state index in [2.05, 4.69) is 36.7 Å². The average Bonchev–Trinajstić information content (AvgIpc) is 3.13. The zero-order valence-electron chi connectivity index (χ0n) is 16.9. The first-order chi connectivity index (χ1) is 14.9. The molecular weight excluding hydrogens is 506 g/mol. The Balaban J connectivity index is 1.59. The lowest BCUT2D eigenvalue weighted by Crippen LogP contribution is -2.20. The standard InChI is InChI=1S/C20H19BrClN5O3S/c1-27-19(12-4-6-14(22)7-5-12)25-26-20(27)31-11-18(28)24-23-10-13-8-15(21)17(30-3)9-16(13)29-2/h4-10H,11H2,1-3H3,(H,24,28)/b23-10+. The molecular formula is C20H19BrClN5O3S. The Kier molecular flexibility index (Phi) is 7.94. The number of aromatic nitrogens is 3. The molecule has 0 fully saturated rings. The number of hydrogen-bond donors (Lipinski definition) is 1. The quantitative estimate of drug-likeness (QED) is 0.270. The van der Waals surface area contributed by atoms with Crippen LogP contribution in [-0.4, -0.2) is 46.9 Å². The normalized spacial score (nSPS) is 11.0. The van der Waals surface area contributed by atoms with Crippen LogP contribution >= 0.6 is 39.3 Å². The minimum atomic E-state index is -0.274. The molecule has 0 aliphatic heterocycles. The number of benzene rings is 2. The van der Waals surface area contributed by atoms with Crippen LogP contribution in [-0.2, 0) is 11.8 Å². The van der Waals surface area contributed by atoms with Gasteiger partial charge in [0.1, 0.15) is 11.5 Å². The van der Waals surface area contributed by atoms with Crippen LogP contribution in [0.15, 0.2) is 51.1 Å². The van der Waals surface area contributed by atoms with Crippen molar-refractivity contribution in [2.45, 2.75) is 5.16 Å². The molecule has 8 nitrogen and oxygen atoms in total. The third-order valence-electron chi connectivity index (χ3n) is 4.17. The molecule has 0 saturated heterocycles. The number of amides is 1. The molecule has 0 bridgehead atoms. The van der Waals surface area contributed by atoms with E-state index in [1.54, 1.807) is 38.5 Å². The Morgan fingerprint density at radius 3 is 2.61 bits per heavy atom. The number of nitrogens with one attached hydrogen (secondary N) is 1. The summed E-state index contributed by atoms with van der Waals surface area (Å²) >= 11 is 10.6. The molecule has 0 saturated carbocycles. The van der Waals surface area contributed by atoms with Gasteiger partial charge in [-0.1, -0.05) is 23.4 Å². The van der Waals surface area contributed by atoms with E-state index >= 15 is 0 Å². The number of rotatable bonds is 8. The number of carbonyl (C=O) groups excluding carboxylic acids is 1. The Labute approximate surface area is 197 Å². The van der Waals surface area contributed by atoms with E-state index in [-0.39, 0.29) is 11.7 Å². The lowest BCUT2D eigenvalue weighted by atomic mass is 10.2. The first-order valence-corrected chi connectivity index (χ1v) is 11.1. The van der Waals surface area contributed by atoms with Gasteiger partial charge in [-0.2, -0.15) is 5.10 Å². The number of nitrogens with zero attached hydrogens (tertiary/aromatic N) is 4. The molecule has 0 unspecified atom stereocenters. The second-order valence-electron chi connectivity index (χ2n) is 6.18. The molecule has 0 aliphatic carbocycles. The van der Waals surface area contributed by atoms with Crippen molar-refractivity contribution in [1.29, 1.82) is 0 Å². The van der Waals surface area contributed by atoms with E-state index in [0.29, 0.717) is 33.1 Å². The second-order valence-corrected chi connectivity index (χ2v) is 8.42. The van der Waals surface area contributed by atoms with Crippen LogP contribution in [0.25, 0.3) is 11.4 Å². The largest absolute Gasteiger partial charge is 0.496 e.